The van der Waals surface area contributed by atoms with E-state index in [-0.39, 0.29) is 6.10 Å². The summed E-state index contributed by atoms with van der Waals surface area (Å²) in [5, 5.41) is 0. The van der Waals surface area contributed by atoms with Gasteiger partial charge in [-0.25, -0.2) is 0 Å². The van der Waals surface area contributed by atoms with Crippen molar-refractivity contribution in [1.29, 1.82) is 0 Å². The van der Waals surface area contributed by atoms with Crippen LogP contribution in [0.3, 0.4) is 0 Å². The van der Waals surface area contributed by atoms with Crippen LogP contribution in [0.1, 0.15) is 17.2 Å². The van der Waals surface area contributed by atoms with E-state index in [1.807, 2.05) is 5.70 Å². The molecular formula is C13H17BrOSi. The van der Waals surface area contributed by atoms with E-state index in [4.69, 9.17) is 4.43 Å². The van der Waals surface area contributed by atoms with Crippen LogP contribution in [0, 0.1) is 0 Å². The first kappa shape index (κ1) is 12.1. The molecule has 0 radical (unpaired) electrons. The molecule has 0 bridgehead atoms. The average molecular weight is 297 g/mol. The van der Waals surface area contributed by atoms with E-state index in [0.717, 1.165) is 6.42 Å². The molecule has 1 aromatic carbocycles. The van der Waals surface area contributed by atoms with Crippen LogP contribution in [-0.2, 0) is 10.8 Å². The molecule has 1 aliphatic rings. The van der Waals surface area contributed by atoms with E-state index in [9.17, 15) is 0 Å². The summed E-state index contributed by atoms with van der Waals surface area (Å²) in [4.78, 5) is 0.400. The highest BCUT2D eigenvalue weighted by molar-refractivity contribution is 9.09. The molecule has 3 heteroatoms. The fourth-order valence-corrected chi connectivity index (χ4v) is 4.00. The molecule has 0 spiro atoms. The summed E-state index contributed by atoms with van der Waals surface area (Å²) < 4.78 is 6.26. The minimum atomic E-state index is -1.72. The third-order valence-corrected chi connectivity index (χ3v) is 5.68. The maximum Gasteiger partial charge on any atom is 0.211 e. The first-order valence-corrected chi connectivity index (χ1v) is 9.47. The standard InChI is InChI=1S/C13H17BrOSi/c1-4-16(2,3)15-13-11-8-6-5-7-10(11)9-12(13)14/h4-8,12-13H,1,9H2,2-3H3/t12-,13-/m1/s1. The van der Waals surface area contributed by atoms with Crippen LogP contribution in [0.2, 0.25) is 13.1 Å². The van der Waals surface area contributed by atoms with Crippen LogP contribution >= 0.6 is 15.9 Å². The number of rotatable bonds is 3. The smallest absolute Gasteiger partial charge is 0.211 e. The molecule has 0 saturated carbocycles. The van der Waals surface area contributed by atoms with Crippen LogP contribution in [0.4, 0.5) is 0 Å². The third-order valence-electron chi connectivity index (χ3n) is 3.03. The molecular weight excluding hydrogens is 280 g/mol. The number of hydrogen-bond donors (Lipinski definition) is 0. The van der Waals surface area contributed by atoms with E-state index in [0.29, 0.717) is 4.83 Å². The van der Waals surface area contributed by atoms with Crippen molar-refractivity contribution >= 4 is 24.2 Å². The number of fused-ring (bicyclic) bond motifs is 1. The molecule has 0 aliphatic heterocycles. The summed E-state index contributed by atoms with van der Waals surface area (Å²) in [7, 11) is -1.72. The van der Waals surface area contributed by atoms with Crippen LogP contribution < -0.4 is 0 Å². The Balaban J connectivity index is 2.26. The van der Waals surface area contributed by atoms with E-state index in [1.54, 1.807) is 0 Å². The van der Waals surface area contributed by atoms with Crippen LogP contribution in [0.5, 0.6) is 0 Å². The highest BCUT2D eigenvalue weighted by Crippen LogP contribution is 2.40. The number of halogens is 1. The van der Waals surface area contributed by atoms with Gasteiger partial charge in [-0.2, -0.15) is 0 Å². The Bertz CT molecular complexity index is 403. The first-order valence-electron chi connectivity index (χ1n) is 5.57. The Kier molecular flexibility index (Phi) is 3.38. The van der Waals surface area contributed by atoms with Gasteiger partial charge in [0.2, 0.25) is 8.32 Å². The van der Waals surface area contributed by atoms with Gasteiger partial charge in [-0.15, -0.1) is 6.58 Å². The van der Waals surface area contributed by atoms with Gasteiger partial charge in [0.15, 0.2) is 0 Å². The zero-order valence-electron chi connectivity index (χ0n) is 9.74. The average Bonchev–Trinajstić information content (AvgIpc) is 2.56. The van der Waals surface area contributed by atoms with Gasteiger partial charge in [-0.3, -0.25) is 0 Å². The summed E-state index contributed by atoms with van der Waals surface area (Å²) in [6, 6.07) is 8.55. The van der Waals surface area contributed by atoms with Crippen molar-refractivity contribution in [2.45, 2.75) is 30.4 Å². The molecule has 16 heavy (non-hydrogen) atoms. The predicted molar refractivity (Wildman–Crippen MR) is 74.4 cm³/mol. The molecule has 0 unspecified atom stereocenters. The zero-order valence-corrected chi connectivity index (χ0v) is 12.3. The molecule has 0 heterocycles. The molecule has 0 aromatic heterocycles. The molecule has 0 saturated heterocycles. The second-order valence-corrected chi connectivity index (χ2v) is 9.79. The molecule has 0 amide bonds. The Morgan fingerprint density at radius 1 is 1.44 bits per heavy atom. The Hall–Kier alpha value is -0.383. The Labute approximate surface area is 107 Å². The summed E-state index contributed by atoms with van der Waals surface area (Å²) in [5.41, 5.74) is 4.74. The number of benzene rings is 1. The maximum absolute atomic E-state index is 6.26. The van der Waals surface area contributed by atoms with Crippen LogP contribution in [0.15, 0.2) is 36.5 Å². The summed E-state index contributed by atoms with van der Waals surface area (Å²) >= 11 is 3.73. The van der Waals surface area contributed by atoms with E-state index in [1.165, 1.54) is 11.1 Å². The zero-order chi connectivity index (χ0) is 11.8. The maximum atomic E-state index is 6.26. The molecule has 2 atom stereocenters. The van der Waals surface area contributed by atoms with Crippen molar-refractivity contribution in [3.05, 3.63) is 47.7 Å². The van der Waals surface area contributed by atoms with Gasteiger partial charge in [0.05, 0.1) is 6.10 Å². The van der Waals surface area contributed by atoms with Gasteiger partial charge >= 0.3 is 0 Å². The second-order valence-electron chi connectivity index (χ2n) is 4.76. The fraction of sp³-hybridized carbons (Fsp3) is 0.385. The summed E-state index contributed by atoms with van der Waals surface area (Å²) in [6.45, 7) is 8.24. The van der Waals surface area contributed by atoms with E-state index in [2.05, 4.69) is 59.9 Å². The van der Waals surface area contributed by atoms with Gasteiger partial charge < -0.3 is 4.43 Å². The van der Waals surface area contributed by atoms with Gasteiger partial charge in [0.25, 0.3) is 0 Å². The molecule has 0 fully saturated rings. The summed E-state index contributed by atoms with van der Waals surface area (Å²) in [6.07, 6.45) is 1.25. The molecule has 0 N–H and O–H groups in total. The minimum Gasteiger partial charge on any atom is -0.405 e. The third kappa shape index (κ3) is 2.31. The summed E-state index contributed by atoms with van der Waals surface area (Å²) in [5.74, 6) is 0. The van der Waals surface area contributed by atoms with E-state index < -0.39 is 8.32 Å². The highest BCUT2D eigenvalue weighted by atomic mass is 79.9. The van der Waals surface area contributed by atoms with Crippen molar-refractivity contribution in [3.63, 3.8) is 0 Å². The van der Waals surface area contributed by atoms with Crippen molar-refractivity contribution < 1.29 is 4.43 Å². The van der Waals surface area contributed by atoms with Gasteiger partial charge in [0.1, 0.15) is 0 Å². The normalized spacial score (nSPS) is 24.2. The quantitative estimate of drug-likeness (QED) is 0.605. The lowest BCUT2D eigenvalue weighted by atomic mass is 10.1. The molecule has 1 nitrogen and oxygen atoms in total. The van der Waals surface area contributed by atoms with Crippen molar-refractivity contribution in [2.75, 3.05) is 0 Å². The predicted octanol–water partition coefficient (Wildman–Crippen LogP) is 3.99. The largest absolute Gasteiger partial charge is 0.405 e. The Morgan fingerprint density at radius 3 is 2.81 bits per heavy atom. The SMILES string of the molecule is C=C[Si](C)(C)O[C@@H]1c2ccccc2C[C@H]1Br. The lowest BCUT2D eigenvalue weighted by molar-refractivity contribution is 0.210. The lowest BCUT2D eigenvalue weighted by Crippen LogP contribution is -2.31. The van der Waals surface area contributed by atoms with Gasteiger partial charge in [-0.05, 0) is 30.6 Å². The van der Waals surface area contributed by atoms with Crippen LogP contribution in [-0.4, -0.2) is 13.1 Å². The minimum absolute atomic E-state index is 0.191. The van der Waals surface area contributed by atoms with Crippen molar-refractivity contribution in [3.8, 4) is 0 Å². The molecule has 86 valence electrons. The highest BCUT2D eigenvalue weighted by Gasteiger charge is 2.35. The van der Waals surface area contributed by atoms with E-state index >= 15 is 0 Å². The molecule has 2 rings (SSSR count). The number of alkyl halides is 1. The topological polar surface area (TPSA) is 9.23 Å². The van der Waals surface area contributed by atoms with Gasteiger partial charge in [0, 0.05) is 4.83 Å². The van der Waals surface area contributed by atoms with Gasteiger partial charge in [-0.1, -0.05) is 45.9 Å². The van der Waals surface area contributed by atoms with Crippen molar-refractivity contribution in [1.82, 2.24) is 0 Å². The lowest BCUT2D eigenvalue weighted by Gasteiger charge is -2.26. The Morgan fingerprint density at radius 2 is 2.12 bits per heavy atom. The molecule has 1 aromatic rings. The monoisotopic (exact) mass is 296 g/mol. The second kappa shape index (κ2) is 4.47. The van der Waals surface area contributed by atoms with Crippen LogP contribution in [0.25, 0.3) is 0 Å². The fourth-order valence-electron chi connectivity index (χ4n) is 2.02. The molecule has 1 aliphatic carbocycles. The van der Waals surface area contributed by atoms with Crippen molar-refractivity contribution in [2.24, 2.45) is 0 Å². The first-order chi connectivity index (χ1) is 7.53. The number of hydrogen-bond acceptors (Lipinski definition) is 1.